The zero-order valence-electron chi connectivity index (χ0n) is 17.1. The summed E-state index contributed by atoms with van der Waals surface area (Å²) in [5, 5.41) is 45.0. The summed E-state index contributed by atoms with van der Waals surface area (Å²) in [4.78, 5) is 38.4. The van der Waals surface area contributed by atoms with E-state index in [9.17, 15) is 34.8 Å². The SMILES string of the molecule is CC(=O)Nc1c(I)c(C(=O)N[C@H]2[C@@H](O)[C@H](O)[C@@H](CO)O[C@@H]2O)c(I)c(N(C)C(C)=O)c1I. The van der Waals surface area contributed by atoms with Gasteiger partial charge in [-0.15, -0.1) is 0 Å². The van der Waals surface area contributed by atoms with Crippen molar-refractivity contribution in [3.8, 4) is 0 Å². The number of nitrogens with zero attached hydrogens (tertiary/aromatic N) is 1. The fraction of sp³-hybridized carbons (Fsp3) is 0.500. The third-order valence-electron chi connectivity index (χ3n) is 4.83. The molecule has 32 heavy (non-hydrogen) atoms. The van der Waals surface area contributed by atoms with Gasteiger partial charge in [0.15, 0.2) is 6.29 Å². The Kier molecular flexibility index (Phi) is 9.89. The smallest absolute Gasteiger partial charge is 0.254 e. The van der Waals surface area contributed by atoms with Crippen LogP contribution in [0.2, 0.25) is 0 Å². The number of carbonyl (C=O) groups is 3. The molecule has 11 nitrogen and oxygen atoms in total. The number of benzene rings is 1. The van der Waals surface area contributed by atoms with Crippen LogP contribution < -0.4 is 15.5 Å². The second-order valence-electron chi connectivity index (χ2n) is 7.03. The van der Waals surface area contributed by atoms with E-state index in [1.807, 2.05) is 67.8 Å². The highest BCUT2D eigenvalue weighted by Gasteiger charge is 2.44. The minimum atomic E-state index is -1.69. The van der Waals surface area contributed by atoms with Gasteiger partial charge in [0, 0.05) is 20.9 Å². The molecular formula is C18H22I3N3O8. The summed E-state index contributed by atoms with van der Waals surface area (Å²) in [6.45, 7) is 2.03. The van der Waals surface area contributed by atoms with E-state index in [4.69, 9.17) is 4.74 Å². The van der Waals surface area contributed by atoms with E-state index in [1.54, 1.807) is 0 Å². The van der Waals surface area contributed by atoms with Gasteiger partial charge in [0.1, 0.15) is 24.4 Å². The van der Waals surface area contributed by atoms with Crippen LogP contribution >= 0.6 is 67.8 Å². The lowest BCUT2D eigenvalue weighted by atomic mass is 9.96. The lowest BCUT2D eigenvalue weighted by Crippen LogP contribution is -2.64. The van der Waals surface area contributed by atoms with E-state index in [0.717, 1.165) is 0 Å². The van der Waals surface area contributed by atoms with Crippen molar-refractivity contribution in [1.82, 2.24) is 5.32 Å². The summed E-state index contributed by atoms with van der Waals surface area (Å²) in [5.41, 5.74) is 0.819. The molecule has 6 N–H and O–H groups in total. The second-order valence-corrected chi connectivity index (χ2v) is 10.3. The Morgan fingerprint density at radius 1 is 1.03 bits per heavy atom. The van der Waals surface area contributed by atoms with Gasteiger partial charge in [-0.1, -0.05) is 0 Å². The Hall–Kier alpha value is -0.380. The standard InChI is InChI=1S/C18H22I3N3O8/c1-5(26)22-12-9(19)8(10(20)14(11(12)21)24(3)6(2)27)17(30)23-13-16(29)15(28)7(4-25)32-18(13)31/h7,13,15-16,18,25,28-29,31H,4H2,1-3H3,(H,22,26)(H,23,30)/t7-,13+,15-,16-,18+/m1/s1. The lowest BCUT2D eigenvalue weighted by molar-refractivity contribution is -0.252. The Labute approximate surface area is 224 Å². The third-order valence-corrected chi connectivity index (χ3v) is 8.01. The molecule has 14 heteroatoms. The molecule has 1 aromatic carbocycles. The third kappa shape index (κ3) is 5.63. The van der Waals surface area contributed by atoms with Gasteiger partial charge in [0.25, 0.3) is 5.91 Å². The second kappa shape index (κ2) is 11.4. The van der Waals surface area contributed by atoms with Crippen molar-refractivity contribution in [2.75, 3.05) is 23.9 Å². The van der Waals surface area contributed by atoms with Crippen molar-refractivity contribution in [3.05, 3.63) is 16.3 Å². The minimum absolute atomic E-state index is 0.0941. The highest BCUT2D eigenvalue weighted by atomic mass is 127. The monoisotopic (exact) mass is 789 g/mol. The van der Waals surface area contributed by atoms with E-state index in [0.29, 0.717) is 22.1 Å². The molecule has 2 rings (SSSR count). The summed E-state index contributed by atoms with van der Waals surface area (Å²) < 4.78 is 6.40. The first-order valence-corrected chi connectivity index (χ1v) is 12.4. The summed E-state index contributed by atoms with van der Waals surface area (Å²) >= 11 is 5.78. The first-order valence-electron chi connectivity index (χ1n) is 9.17. The predicted octanol–water partition coefficient (Wildman–Crippen LogP) is -0.0288. The van der Waals surface area contributed by atoms with Crippen LogP contribution in [-0.2, 0) is 14.3 Å². The van der Waals surface area contributed by atoms with Gasteiger partial charge in [0.05, 0.1) is 34.3 Å². The van der Waals surface area contributed by atoms with Gasteiger partial charge >= 0.3 is 0 Å². The van der Waals surface area contributed by atoms with E-state index in [-0.39, 0.29) is 17.4 Å². The van der Waals surface area contributed by atoms with Gasteiger partial charge in [0.2, 0.25) is 11.8 Å². The molecule has 1 aliphatic heterocycles. The molecule has 0 radical (unpaired) electrons. The molecule has 1 fully saturated rings. The summed E-state index contributed by atoms with van der Waals surface area (Å²) in [6, 6.07) is -1.40. The average molecular weight is 789 g/mol. The maximum absolute atomic E-state index is 13.2. The Balaban J connectivity index is 2.56. The number of halogens is 3. The molecule has 1 aromatic rings. The Bertz CT molecular complexity index is 931. The number of rotatable bonds is 5. The highest BCUT2D eigenvalue weighted by molar-refractivity contribution is 14.1. The summed E-state index contributed by atoms with van der Waals surface area (Å²) in [7, 11) is 1.53. The zero-order chi connectivity index (χ0) is 24.5. The molecular weight excluding hydrogens is 767 g/mol. The fourth-order valence-corrected chi connectivity index (χ4v) is 7.71. The number of anilines is 2. The molecule has 0 saturated carbocycles. The topological polar surface area (TPSA) is 169 Å². The number of amides is 3. The lowest BCUT2D eigenvalue weighted by Gasteiger charge is -2.40. The molecule has 0 aromatic heterocycles. The van der Waals surface area contributed by atoms with Crippen LogP contribution in [0.25, 0.3) is 0 Å². The normalized spacial score (nSPS) is 25.2. The highest BCUT2D eigenvalue weighted by Crippen LogP contribution is 2.40. The Morgan fingerprint density at radius 2 is 1.62 bits per heavy atom. The molecule has 1 saturated heterocycles. The fourth-order valence-electron chi connectivity index (χ4n) is 3.06. The first-order chi connectivity index (χ1) is 14.8. The van der Waals surface area contributed by atoms with Crippen LogP contribution in [0.4, 0.5) is 11.4 Å². The number of aliphatic hydroxyl groups is 4. The van der Waals surface area contributed by atoms with Gasteiger partial charge in [-0.3, -0.25) is 14.4 Å². The molecule has 0 unspecified atom stereocenters. The molecule has 178 valence electrons. The van der Waals surface area contributed by atoms with Gasteiger partial charge in [-0.2, -0.15) is 0 Å². The average Bonchev–Trinajstić information content (AvgIpc) is 2.70. The number of hydrogen-bond acceptors (Lipinski definition) is 8. The number of aliphatic hydroxyl groups excluding tert-OH is 4. The van der Waals surface area contributed by atoms with Crippen LogP contribution in [-0.4, -0.2) is 82.4 Å². The van der Waals surface area contributed by atoms with E-state index < -0.39 is 43.2 Å². The summed E-state index contributed by atoms with van der Waals surface area (Å²) in [6.07, 6.45) is -6.07. The molecule has 1 heterocycles. The van der Waals surface area contributed by atoms with Crippen molar-refractivity contribution in [3.63, 3.8) is 0 Å². The van der Waals surface area contributed by atoms with Crippen LogP contribution in [0.1, 0.15) is 24.2 Å². The van der Waals surface area contributed by atoms with E-state index >= 15 is 0 Å². The van der Waals surface area contributed by atoms with Gasteiger partial charge in [-0.05, 0) is 67.8 Å². The van der Waals surface area contributed by atoms with Gasteiger partial charge in [-0.25, -0.2) is 0 Å². The van der Waals surface area contributed by atoms with E-state index in [1.165, 1.54) is 25.8 Å². The quantitative estimate of drug-likeness (QED) is 0.227. The summed E-state index contributed by atoms with van der Waals surface area (Å²) in [5.74, 6) is -1.41. The van der Waals surface area contributed by atoms with E-state index in [2.05, 4.69) is 10.6 Å². The maximum Gasteiger partial charge on any atom is 0.254 e. The van der Waals surface area contributed by atoms with Gasteiger partial charge < -0.3 is 40.7 Å². The molecule has 1 aliphatic rings. The molecule has 0 bridgehead atoms. The van der Waals surface area contributed by atoms with Crippen LogP contribution in [0.3, 0.4) is 0 Å². The maximum atomic E-state index is 13.2. The molecule has 0 aliphatic carbocycles. The number of ether oxygens (including phenoxy) is 1. The van der Waals surface area contributed by atoms with Crippen LogP contribution in [0.15, 0.2) is 0 Å². The van der Waals surface area contributed by atoms with Crippen LogP contribution in [0, 0.1) is 10.7 Å². The van der Waals surface area contributed by atoms with Crippen molar-refractivity contribution in [1.29, 1.82) is 0 Å². The molecule has 0 spiro atoms. The number of carbonyl (C=O) groups excluding carboxylic acids is 3. The van der Waals surface area contributed by atoms with Crippen molar-refractivity contribution in [2.45, 2.75) is 44.5 Å². The predicted molar refractivity (Wildman–Crippen MR) is 139 cm³/mol. The number of nitrogens with one attached hydrogen (secondary N) is 2. The minimum Gasteiger partial charge on any atom is -0.394 e. The molecule has 3 amide bonds. The molecule has 5 atom stereocenters. The Morgan fingerprint density at radius 3 is 2.12 bits per heavy atom. The largest absolute Gasteiger partial charge is 0.394 e. The van der Waals surface area contributed by atoms with Crippen molar-refractivity contribution < 1.29 is 39.5 Å². The number of hydrogen-bond donors (Lipinski definition) is 6. The first kappa shape index (κ1) is 27.9. The van der Waals surface area contributed by atoms with Crippen molar-refractivity contribution >= 4 is 96.9 Å². The van der Waals surface area contributed by atoms with Crippen LogP contribution in [0.5, 0.6) is 0 Å². The van der Waals surface area contributed by atoms with Crippen molar-refractivity contribution in [2.24, 2.45) is 0 Å². The zero-order valence-corrected chi connectivity index (χ0v) is 23.6.